The van der Waals surface area contributed by atoms with Crippen molar-refractivity contribution in [3.05, 3.63) is 59.8 Å². The predicted octanol–water partition coefficient (Wildman–Crippen LogP) is -1.04. The largest absolute Gasteiger partial charge is 1.00 e. The van der Waals surface area contributed by atoms with Gasteiger partial charge in [-0.05, 0) is 24.1 Å². The molecule has 0 aliphatic carbocycles. The molecule has 0 saturated heterocycles. The predicted molar refractivity (Wildman–Crippen MR) is 67.6 cm³/mol. The standard InChI is InChI=1S/C14H16N2O.ClH/c1-11-7-8-14(15-9-11)16-10-13(17)12-5-3-2-4-6-12;/h2-9,13,17H,10H2,1H3,(H,15,16);1H. The van der Waals surface area contributed by atoms with Crippen LogP contribution in [0.3, 0.4) is 0 Å². The lowest BCUT2D eigenvalue weighted by molar-refractivity contribution is -0.361. The van der Waals surface area contributed by atoms with Crippen molar-refractivity contribution in [3.8, 4) is 0 Å². The van der Waals surface area contributed by atoms with Gasteiger partial charge in [0.15, 0.2) is 0 Å². The van der Waals surface area contributed by atoms with E-state index in [1.807, 2.05) is 55.6 Å². The van der Waals surface area contributed by atoms with Crippen LogP contribution in [0.15, 0.2) is 48.7 Å². The SMILES string of the molecule is Cc1ccc(NCC(O)c2ccccc2)[nH+]c1.[Cl-]. The highest BCUT2D eigenvalue weighted by molar-refractivity contribution is 5.30. The highest BCUT2D eigenvalue weighted by Crippen LogP contribution is 2.12. The zero-order chi connectivity index (χ0) is 12.1. The number of hydrogen-bond donors (Lipinski definition) is 2. The normalized spacial score (nSPS) is 11.4. The van der Waals surface area contributed by atoms with Crippen molar-refractivity contribution in [3.63, 3.8) is 0 Å². The molecule has 2 rings (SSSR count). The molecule has 0 aliphatic rings. The summed E-state index contributed by atoms with van der Waals surface area (Å²) in [5, 5.41) is 13.1. The van der Waals surface area contributed by atoms with Crippen LogP contribution < -0.4 is 22.7 Å². The van der Waals surface area contributed by atoms with Gasteiger partial charge in [-0.3, -0.25) is 5.32 Å². The third-order valence-corrected chi connectivity index (χ3v) is 2.64. The second-order valence-electron chi connectivity index (χ2n) is 4.09. The smallest absolute Gasteiger partial charge is 0.272 e. The van der Waals surface area contributed by atoms with Crippen molar-refractivity contribution in [1.29, 1.82) is 0 Å². The lowest BCUT2D eigenvalue weighted by atomic mass is 10.1. The van der Waals surface area contributed by atoms with Crippen molar-refractivity contribution in [1.82, 2.24) is 0 Å². The Kier molecular flexibility index (Phi) is 5.62. The number of pyridine rings is 1. The maximum absolute atomic E-state index is 9.96. The van der Waals surface area contributed by atoms with E-state index in [9.17, 15) is 5.11 Å². The van der Waals surface area contributed by atoms with Gasteiger partial charge in [0.2, 0.25) is 0 Å². The van der Waals surface area contributed by atoms with Crippen molar-refractivity contribution < 1.29 is 22.5 Å². The van der Waals surface area contributed by atoms with Crippen molar-refractivity contribution >= 4 is 5.82 Å². The van der Waals surface area contributed by atoms with Gasteiger partial charge in [0.25, 0.3) is 5.82 Å². The van der Waals surface area contributed by atoms with Gasteiger partial charge in [-0.2, -0.15) is 0 Å². The quantitative estimate of drug-likeness (QED) is 0.741. The van der Waals surface area contributed by atoms with Crippen molar-refractivity contribution in [2.45, 2.75) is 13.0 Å². The summed E-state index contributed by atoms with van der Waals surface area (Å²) in [5.74, 6) is 0.908. The Labute approximate surface area is 113 Å². The average Bonchev–Trinajstić information content (AvgIpc) is 2.39. The Morgan fingerprint density at radius 2 is 1.89 bits per heavy atom. The molecule has 0 amide bonds. The van der Waals surface area contributed by atoms with Crippen LogP contribution in [0.25, 0.3) is 0 Å². The fraction of sp³-hybridized carbons (Fsp3) is 0.214. The molecular formula is C14H17ClN2O. The molecule has 18 heavy (non-hydrogen) atoms. The summed E-state index contributed by atoms with van der Waals surface area (Å²) in [6.07, 6.45) is 1.43. The first-order chi connectivity index (χ1) is 8.25. The lowest BCUT2D eigenvalue weighted by Crippen LogP contribution is -3.00. The van der Waals surface area contributed by atoms with Gasteiger partial charge in [0.05, 0.1) is 6.20 Å². The van der Waals surface area contributed by atoms with Gasteiger partial charge in [-0.1, -0.05) is 30.3 Å². The molecule has 1 atom stereocenters. The number of nitrogens with one attached hydrogen (secondary N) is 2. The number of benzene rings is 1. The van der Waals surface area contributed by atoms with E-state index in [2.05, 4.69) is 10.3 Å². The second kappa shape index (κ2) is 6.99. The molecule has 4 heteroatoms. The molecule has 0 aliphatic heterocycles. The summed E-state index contributed by atoms with van der Waals surface area (Å²) in [4.78, 5) is 3.12. The zero-order valence-electron chi connectivity index (χ0n) is 10.2. The van der Waals surface area contributed by atoms with Gasteiger partial charge in [0, 0.05) is 6.07 Å². The summed E-state index contributed by atoms with van der Waals surface area (Å²) in [7, 11) is 0. The summed E-state index contributed by atoms with van der Waals surface area (Å²) < 4.78 is 0. The molecule has 3 N–H and O–H groups in total. The number of aryl methyl sites for hydroxylation is 1. The van der Waals surface area contributed by atoms with Gasteiger partial charge < -0.3 is 17.5 Å². The van der Waals surface area contributed by atoms with E-state index in [0.29, 0.717) is 6.54 Å². The Morgan fingerprint density at radius 1 is 1.17 bits per heavy atom. The van der Waals surface area contributed by atoms with Gasteiger partial charge >= 0.3 is 0 Å². The summed E-state index contributed by atoms with van der Waals surface area (Å²) >= 11 is 0. The molecule has 1 aromatic heterocycles. The summed E-state index contributed by atoms with van der Waals surface area (Å²) in [6, 6.07) is 13.6. The molecule has 1 heterocycles. The fourth-order valence-electron chi connectivity index (χ4n) is 1.61. The maximum Gasteiger partial charge on any atom is 0.272 e. The second-order valence-corrected chi connectivity index (χ2v) is 4.09. The first-order valence-electron chi connectivity index (χ1n) is 5.71. The highest BCUT2D eigenvalue weighted by atomic mass is 35.5. The van der Waals surface area contributed by atoms with E-state index in [1.165, 1.54) is 5.56 Å². The van der Waals surface area contributed by atoms with Crippen LogP contribution in [-0.4, -0.2) is 11.7 Å². The first-order valence-corrected chi connectivity index (χ1v) is 5.71. The maximum atomic E-state index is 9.96. The molecule has 1 aromatic carbocycles. The molecule has 0 bridgehead atoms. The number of halogens is 1. The summed E-state index contributed by atoms with van der Waals surface area (Å²) in [5.41, 5.74) is 2.10. The van der Waals surface area contributed by atoms with Crippen molar-refractivity contribution in [2.75, 3.05) is 11.9 Å². The molecular weight excluding hydrogens is 248 g/mol. The molecule has 0 radical (unpaired) electrons. The van der Waals surface area contributed by atoms with Crippen LogP contribution in [0.1, 0.15) is 17.2 Å². The monoisotopic (exact) mass is 264 g/mol. The van der Waals surface area contributed by atoms with Crippen LogP contribution in [0, 0.1) is 6.92 Å². The van der Waals surface area contributed by atoms with E-state index >= 15 is 0 Å². The molecule has 96 valence electrons. The third kappa shape index (κ3) is 4.02. The van der Waals surface area contributed by atoms with E-state index in [4.69, 9.17) is 0 Å². The number of aliphatic hydroxyl groups excluding tert-OH is 1. The third-order valence-electron chi connectivity index (χ3n) is 2.64. The Bertz CT molecular complexity index is 459. The Hall–Kier alpha value is -1.58. The average molecular weight is 265 g/mol. The number of aromatic amines is 1. The van der Waals surface area contributed by atoms with Crippen LogP contribution in [0.5, 0.6) is 0 Å². The van der Waals surface area contributed by atoms with Gasteiger partial charge in [-0.25, -0.2) is 4.98 Å². The number of aliphatic hydroxyl groups is 1. The fourth-order valence-corrected chi connectivity index (χ4v) is 1.61. The van der Waals surface area contributed by atoms with E-state index in [0.717, 1.165) is 11.4 Å². The molecule has 0 fully saturated rings. The lowest BCUT2D eigenvalue weighted by Gasteiger charge is -2.08. The van der Waals surface area contributed by atoms with Crippen molar-refractivity contribution in [2.24, 2.45) is 0 Å². The minimum atomic E-state index is -0.495. The van der Waals surface area contributed by atoms with E-state index in [-0.39, 0.29) is 12.4 Å². The van der Waals surface area contributed by atoms with Crippen LogP contribution in [0.4, 0.5) is 5.82 Å². The molecule has 2 aromatic rings. The number of anilines is 1. The summed E-state index contributed by atoms with van der Waals surface area (Å²) in [6.45, 7) is 2.52. The molecule has 0 saturated carbocycles. The van der Waals surface area contributed by atoms with Crippen LogP contribution in [-0.2, 0) is 0 Å². The number of aromatic nitrogens is 1. The van der Waals surface area contributed by atoms with Crippen LogP contribution in [0.2, 0.25) is 0 Å². The van der Waals surface area contributed by atoms with E-state index < -0.39 is 6.10 Å². The Morgan fingerprint density at radius 3 is 2.50 bits per heavy atom. The molecule has 3 nitrogen and oxygen atoms in total. The van der Waals surface area contributed by atoms with Gasteiger partial charge in [0.1, 0.15) is 12.6 Å². The number of rotatable bonds is 4. The topological polar surface area (TPSA) is 46.4 Å². The van der Waals surface area contributed by atoms with E-state index in [1.54, 1.807) is 0 Å². The highest BCUT2D eigenvalue weighted by Gasteiger charge is 2.09. The number of hydrogen-bond acceptors (Lipinski definition) is 2. The van der Waals surface area contributed by atoms with Gasteiger partial charge in [-0.15, -0.1) is 0 Å². The molecule has 0 spiro atoms. The zero-order valence-corrected chi connectivity index (χ0v) is 11.0. The minimum absolute atomic E-state index is 0. The first kappa shape index (κ1) is 14.5. The Balaban J connectivity index is 0.00000162. The van der Waals surface area contributed by atoms with Crippen LogP contribution >= 0.6 is 0 Å². The molecule has 1 unspecified atom stereocenters. The number of H-pyrrole nitrogens is 1. The minimum Gasteiger partial charge on any atom is -1.00 e.